The van der Waals surface area contributed by atoms with Gasteiger partial charge >= 0.3 is 0 Å². The molecular weight excluding hydrogens is 382 g/mol. The Morgan fingerprint density at radius 1 is 0.793 bits per heavy atom. The molecule has 3 aromatic carbocycles. The van der Waals surface area contributed by atoms with Gasteiger partial charge in [0, 0.05) is 5.56 Å². The molecule has 0 saturated heterocycles. The number of amides is 1. The van der Waals surface area contributed by atoms with Crippen LogP contribution >= 0.6 is 0 Å². The maximum Gasteiger partial charge on any atom is 0.252 e. The molecule has 3 rings (SSSR count). The van der Waals surface area contributed by atoms with Crippen molar-refractivity contribution in [3.8, 4) is 0 Å². The van der Waals surface area contributed by atoms with Gasteiger partial charge in [-0.3, -0.25) is 4.79 Å². The summed E-state index contributed by atoms with van der Waals surface area (Å²) in [6.45, 7) is 5.25. The summed E-state index contributed by atoms with van der Waals surface area (Å²) in [4.78, 5) is 13.3. The van der Waals surface area contributed by atoms with Gasteiger partial charge in [0.15, 0.2) is 9.84 Å². The van der Waals surface area contributed by atoms with Crippen molar-refractivity contribution in [2.75, 3.05) is 0 Å². The SMILES string of the molecule is CC(C)S(=O)(=O)c1ccc(C(=O)NC(C)(c2ccccc2)c2ccccc2)cc1. The molecule has 0 aliphatic heterocycles. The first-order valence-corrected chi connectivity index (χ1v) is 11.1. The molecule has 0 unspecified atom stereocenters. The summed E-state index contributed by atoms with van der Waals surface area (Å²) >= 11 is 0. The minimum absolute atomic E-state index is 0.220. The molecule has 0 radical (unpaired) electrons. The van der Waals surface area contributed by atoms with E-state index < -0.39 is 20.6 Å². The predicted molar refractivity (Wildman–Crippen MR) is 116 cm³/mol. The largest absolute Gasteiger partial charge is 0.339 e. The maximum atomic E-state index is 13.0. The third-order valence-corrected chi connectivity index (χ3v) is 7.30. The first-order valence-electron chi connectivity index (χ1n) is 9.52. The van der Waals surface area contributed by atoms with Crippen LogP contribution in [0.15, 0.2) is 89.8 Å². The molecule has 150 valence electrons. The van der Waals surface area contributed by atoms with Crippen LogP contribution in [0.3, 0.4) is 0 Å². The fraction of sp³-hybridized carbons (Fsp3) is 0.208. The van der Waals surface area contributed by atoms with E-state index in [4.69, 9.17) is 0 Å². The van der Waals surface area contributed by atoms with Crippen LogP contribution in [-0.4, -0.2) is 19.6 Å². The zero-order valence-corrected chi connectivity index (χ0v) is 17.6. The average Bonchev–Trinajstić information content (AvgIpc) is 2.75. The lowest BCUT2D eigenvalue weighted by molar-refractivity contribution is 0.0919. The topological polar surface area (TPSA) is 63.2 Å². The van der Waals surface area contributed by atoms with E-state index in [0.717, 1.165) is 11.1 Å². The van der Waals surface area contributed by atoms with Gasteiger partial charge in [-0.15, -0.1) is 0 Å². The second kappa shape index (κ2) is 8.21. The van der Waals surface area contributed by atoms with E-state index in [1.165, 1.54) is 12.1 Å². The van der Waals surface area contributed by atoms with Crippen molar-refractivity contribution in [2.45, 2.75) is 36.5 Å². The molecule has 0 spiro atoms. The Morgan fingerprint density at radius 2 is 1.24 bits per heavy atom. The summed E-state index contributed by atoms with van der Waals surface area (Å²) in [5.74, 6) is -0.270. The minimum Gasteiger partial charge on any atom is -0.339 e. The highest BCUT2D eigenvalue weighted by molar-refractivity contribution is 7.92. The molecule has 1 N–H and O–H groups in total. The van der Waals surface area contributed by atoms with Gasteiger partial charge in [0.2, 0.25) is 0 Å². The number of carbonyl (C=O) groups is 1. The summed E-state index contributed by atoms with van der Waals surface area (Å²) in [5, 5.41) is 2.62. The molecule has 0 bridgehead atoms. The molecule has 0 heterocycles. The third kappa shape index (κ3) is 4.25. The Bertz CT molecular complexity index is 1030. The predicted octanol–water partition coefficient (Wildman–Crippen LogP) is 4.56. The molecule has 3 aromatic rings. The Morgan fingerprint density at radius 3 is 1.66 bits per heavy atom. The van der Waals surface area contributed by atoms with Gasteiger partial charge in [0.05, 0.1) is 15.7 Å². The smallest absolute Gasteiger partial charge is 0.252 e. The maximum absolute atomic E-state index is 13.0. The second-order valence-electron chi connectivity index (χ2n) is 7.43. The van der Waals surface area contributed by atoms with Gasteiger partial charge in [0.1, 0.15) is 0 Å². The van der Waals surface area contributed by atoms with Crippen molar-refractivity contribution in [3.63, 3.8) is 0 Å². The normalized spacial score (nSPS) is 12.0. The number of hydrogen-bond acceptors (Lipinski definition) is 3. The lowest BCUT2D eigenvalue weighted by atomic mass is 9.84. The summed E-state index contributed by atoms with van der Waals surface area (Å²) < 4.78 is 24.6. The fourth-order valence-electron chi connectivity index (χ4n) is 3.22. The van der Waals surface area contributed by atoms with Crippen LogP contribution in [0.4, 0.5) is 0 Å². The van der Waals surface area contributed by atoms with Gasteiger partial charge in [-0.1, -0.05) is 60.7 Å². The van der Waals surface area contributed by atoms with Crippen LogP contribution in [0, 0.1) is 0 Å². The molecular formula is C24H25NO3S. The lowest BCUT2D eigenvalue weighted by Crippen LogP contribution is -2.44. The zero-order valence-electron chi connectivity index (χ0n) is 16.8. The van der Waals surface area contributed by atoms with E-state index in [1.54, 1.807) is 26.0 Å². The van der Waals surface area contributed by atoms with Crippen LogP contribution in [-0.2, 0) is 15.4 Å². The number of hydrogen-bond donors (Lipinski definition) is 1. The Balaban J connectivity index is 1.94. The standard InChI is InChI=1S/C24H25NO3S/c1-18(2)29(27,28)22-16-14-19(15-17-22)23(26)25-24(3,20-10-6-4-7-11-20)21-12-8-5-9-13-21/h4-18H,1-3H3,(H,25,26). The van der Waals surface area contributed by atoms with Gasteiger partial charge in [-0.25, -0.2) is 8.42 Å². The Kier molecular flexibility index (Phi) is 5.89. The van der Waals surface area contributed by atoms with Crippen molar-refractivity contribution in [1.29, 1.82) is 0 Å². The molecule has 29 heavy (non-hydrogen) atoms. The lowest BCUT2D eigenvalue weighted by Gasteiger charge is -2.32. The van der Waals surface area contributed by atoms with Crippen LogP contribution < -0.4 is 5.32 Å². The first kappa shape index (κ1) is 20.8. The third-order valence-electron chi connectivity index (χ3n) is 5.13. The molecule has 1 amide bonds. The minimum atomic E-state index is -3.37. The summed E-state index contributed by atoms with van der Waals surface area (Å²) in [7, 11) is -3.37. The van der Waals surface area contributed by atoms with E-state index in [0.29, 0.717) is 5.56 Å². The highest BCUT2D eigenvalue weighted by Gasteiger charge is 2.31. The van der Waals surface area contributed by atoms with E-state index in [9.17, 15) is 13.2 Å². The molecule has 0 aliphatic carbocycles. The van der Waals surface area contributed by atoms with Gasteiger partial charge < -0.3 is 5.32 Å². The number of sulfone groups is 1. The zero-order chi connectivity index (χ0) is 21.1. The van der Waals surface area contributed by atoms with Gasteiger partial charge in [-0.2, -0.15) is 0 Å². The van der Waals surface area contributed by atoms with Crippen molar-refractivity contribution in [2.24, 2.45) is 0 Å². The monoisotopic (exact) mass is 407 g/mol. The molecule has 0 aromatic heterocycles. The van der Waals surface area contributed by atoms with Gasteiger partial charge in [0.25, 0.3) is 5.91 Å². The molecule has 0 aliphatic rings. The highest BCUT2D eigenvalue weighted by Crippen LogP contribution is 2.29. The summed E-state index contributed by atoms with van der Waals surface area (Å²) in [5.41, 5.74) is 1.59. The molecule has 0 saturated carbocycles. The average molecular weight is 408 g/mol. The molecule has 4 nitrogen and oxygen atoms in total. The Labute approximate surface area is 172 Å². The Hall–Kier alpha value is -2.92. The summed E-state index contributed by atoms with van der Waals surface area (Å²) in [6, 6.07) is 25.6. The van der Waals surface area contributed by atoms with Crippen molar-refractivity contribution in [3.05, 3.63) is 102 Å². The van der Waals surface area contributed by atoms with Gasteiger partial charge in [-0.05, 0) is 56.2 Å². The van der Waals surface area contributed by atoms with Crippen LogP contribution in [0.1, 0.15) is 42.3 Å². The molecule has 0 atom stereocenters. The van der Waals surface area contributed by atoms with E-state index >= 15 is 0 Å². The van der Waals surface area contributed by atoms with E-state index in [2.05, 4.69) is 5.32 Å². The number of carbonyl (C=O) groups excluding carboxylic acids is 1. The second-order valence-corrected chi connectivity index (χ2v) is 9.93. The van der Waals surface area contributed by atoms with Crippen molar-refractivity contribution >= 4 is 15.7 Å². The van der Waals surface area contributed by atoms with Crippen LogP contribution in [0.2, 0.25) is 0 Å². The van der Waals surface area contributed by atoms with E-state index in [1.807, 2.05) is 67.6 Å². The van der Waals surface area contributed by atoms with Crippen LogP contribution in [0.25, 0.3) is 0 Å². The van der Waals surface area contributed by atoms with Crippen LogP contribution in [0.5, 0.6) is 0 Å². The summed E-state index contributed by atoms with van der Waals surface area (Å²) in [6.07, 6.45) is 0. The number of rotatable bonds is 6. The molecule has 0 fully saturated rings. The fourth-order valence-corrected chi connectivity index (χ4v) is 4.28. The first-order chi connectivity index (χ1) is 13.7. The van der Waals surface area contributed by atoms with E-state index in [-0.39, 0.29) is 10.8 Å². The quantitative estimate of drug-likeness (QED) is 0.651. The van der Waals surface area contributed by atoms with Crippen molar-refractivity contribution in [1.82, 2.24) is 5.32 Å². The number of benzene rings is 3. The van der Waals surface area contributed by atoms with Crippen molar-refractivity contribution < 1.29 is 13.2 Å². The number of nitrogens with one attached hydrogen (secondary N) is 1. The highest BCUT2D eigenvalue weighted by atomic mass is 32.2. The molecule has 5 heteroatoms.